The molecule has 3 aromatic rings. The molecule has 0 saturated carbocycles. The summed E-state index contributed by atoms with van der Waals surface area (Å²) in [6, 6.07) is 17.5. The van der Waals surface area contributed by atoms with Gasteiger partial charge in [-0.1, -0.05) is 67.4 Å². The second kappa shape index (κ2) is 8.97. The number of nitrogens with zero attached hydrogens (tertiary/aromatic N) is 1. The zero-order chi connectivity index (χ0) is 18.4. The van der Waals surface area contributed by atoms with Crippen LogP contribution in [0.25, 0.3) is 21.8 Å². The first-order chi connectivity index (χ1) is 12.7. The van der Waals surface area contributed by atoms with E-state index in [9.17, 15) is 4.79 Å². The van der Waals surface area contributed by atoms with Crippen LogP contribution >= 0.6 is 22.9 Å². The molecule has 1 heterocycles. The lowest BCUT2D eigenvalue weighted by atomic mass is 10.1. The van der Waals surface area contributed by atoms with Crippen molar-refractivity contribution in [3.05, 3.63) is 64.5 Å². The second-order valence-corrected chi connectivity index (χ2v) is 7.43. The van der Waals surface area contributed by atoms with Crippen LogP contribution in [0.15, 0.2) is 54.6 Å². The normalized spacial score (nSPS) is 10.7. The molecule has 0 radical (unpaired) electrons. The molecule has 2 aromatic carbocycles. The number of carbonyl (C=O) groups is 1. The number of hydrogen-bond acceptors (Lipinski definition) is 4. The van der Waals surface area contributed by atoms with E-state index in [1.54, 1.807) is 0 Å². The van der Waals surface area contributed by atoms with Crippen molar-refractivity contribution in [3.63, 3.8) is 0 Å². The largest absolute Gasteiger partial charge is 0.465 e. The van der Waals surface area contributed by atoms with Gasteiger partial charge in [-0.2, -0.15) is 0 Å². The summed E-state index contributed by atoms with van der Waals surface area (Å²) in [4.78, 5) is 17.9. The Kier molecular flexibility index (Phi) is 6.42. The van der Waals surface area contributed by atoms with Gasteiger partial charge >= 0.3 is 5.97 Å². The summed E-state index contributed by atoms with van der Waals surface area (Å²) in [6.07, 6.45) is 2.11. The van der Waals surface area contributed by atoms with Gasteiger partial charge in [0.1, 0.15) is 5.01 Å². The zero-order valence-electron chi connectivity index (χ0n) is 14.6. The standard InChI is InChI=1S/C21H20ClNO2S/c1-2-3-13-25-19(24)14-18-20(15-9-11-17(22)12-10-15)23-21(26-18)16-7-5-4-6-8-16/h4-12H,2-3,13-14H2,1H3. The van der Waals surface area contributed by atoms with E-state index < -0.39 is 0 Å². The summed E-state index contributed by atoms with van der Waals surface area (Å²) in [6.45, 7) is 2.54. The van der Waals surface area contributed by atoms with Crippen molar-refractivity contribution in [3.8, 4) is 21.8 Å². The van der Waals surface area contributed by atoms with E-state index in [1.807, 2.05) is 54.6 Å². The van der Waals surface area contributed by atoms with E-state index in [1.165, 1.54) is 11.3 Å². The maximum Gasteiger partial charge on any atom is 0.311 e. The van der Waals surface area contributed by atoms with E-state index >= 15 is 0 Å². The Morgan fingerprint density at radius 2 is 1.81 bits per heavy atom. The molecular weight excluding hydrogens is 366 g/mol. The number of thiazole rings is 1. The molecule has 1 aromatic heterocycles. The van der Waals surface area contributed by atoms with Gasteiger partial charge in [-0.15, -0.1) is 11.3 Å². The Morgan fingerprint density at radius 3 is 2.50 bits per heavy atom. The number of halogens is 1. The lowest BCUT2D eigenvalue weighted by Gasteiger charge is -2.04. The van der Waals surface area contributed by atoms with Gasteiger partial charge in [-0.3, -0.25) is 4.79 Å². The molecule has 0 aliphatic heterocycles. The Balaban J connectivity index is 1.91. The topological polar surface area (TPSA) is 39.2 Å². The summed E-state index contributed by atoms with van der Waals surface area (Å²) < 4.78 is 5.33. The summed E-state index contributed by atoms with van der Waals surface area (Å²) in [5.74, 6) is -0.211. The van der Waals surface area contributed by atoms with Crippen molar-refractivity contribution in [1.29, 1.82) is 0 Å². The molecule has 0 spiro atoms. The monoisotopic (exact) mass is 385 g/mol. The van der Waals surface area contributed by atoms with Crippen molar-refractivity contribution in [2.45, 2.75) is 26.2 Å². The highest BCUT2D eigenvalue weighted by Crippen LogP contribution is 2.34. The van der Waals surface area contributed by atoms with Crippen LogP contribution in [0.4, 0.5) is 0 Å². The van der Waals surface area contributed by atoms with Crippen LogP contribution in [0.5, 0.6) is 0 Å². The predicted octanol–water partition coefficient (Wildman–Crippen LogP) is 6.02. The van der Waals surface area contributed by atoms with Crippen LogP contribution in [0.2, 0.25) is 5.02 Å². The molecule has 0 saturated heterocycles. The first kappa shape index (κ1) is 18.6. The van der Waals surface area contributed by atoms with Gasteiger partial charge in [0, 0.05) is 21.0 Å². The van der Waals surface area contributed by atoms with Gasteiger partial charge in [-0.25, -0.2) is 4.98 Å². The Hall–Kier alpha value is -2.17. The van der Waals surface area contributed by atoms with Gasteiger partial charge in [0.15, 0.2) is 0 Å². The number of ether oxygens (including phenoxy) is 1. The van der Waals surface area contributed by atoms with E-state index in [0.717, 1.165) is 39.5 Å². The molecule has 0 bridgehead atoms. The molecule has 26 heavy (non-hydrogen) atoms. The summed E-state index contributed by atoms with van der Waals surface area (Å²) in [5, 5.41) is 1.57. The average molecular weight is 386 g/mol. The highest BCUT2D eigenvalue weighted by atomic mass is 35.5. The minimum Gasteiger partial charge on any atom is -0.465 e. The molecule has 3 rings (SSSR count). The molecule has 134 valence electrons. The summed E-state index contributed by atoms with van der Waals surface area (Å²) in [7, 11) is 0. The average Bonchev–Trinajstić information content (AvgIpc) is 3.07. The number of esters is 1. The Labute approximate surface area is 162 Å². The SMILES string of the molecule is CCCCOC(=O)Cc1sc(-c2ccccc2)nc1-c1ccc(Cl)cc1. The maximum atomic E-state index is 12.2. The Morgan fingerprint density at radius 1 is 1.08 bits per heavy atom. The third-order valence-electron chi connectivity index (χ3n) is 3.90. The van der Waals surface area contributed by atoms with Crippen molar-refractivity contribution in [1.82, 2.24) is 4.98 Å². The summed E-state index contributed by atoms with van der Waals surface area (Å²) >= 11 is 7.54. The van der Waals surface area contributed by atoms with Gasteiger partial charge in [0.05, 0.1) is 18.7 Å². The number of hydrogen-bond donors (Lipinski definition) is 0. The maximum absolute atomic E-state index is 12.2. The number of aromatic nitrogens is 1. The first-order valence-electron chi connectivity index (χ1n) is 8.64. The number of rotatable bonds is 7. The molecule has 3 nitrogen and oxygen atoms in total. The molecule has 0 N–H and O–H groups in total. The highest BCUT2D eigenvalue weighted by Gasteiger charge is 2.17. The number of unbranched alkanes of at least 4 members (excludes halogenated alkanes) is 1. The molecule has 0 amide bonds. The molecule has 0 unspecified atom stereocenters. The van der Waals surface area contributed by atoms with Crippen LogP contribution < -0.4 is 0 Å². The lowest BCUT2D eigenvalue weighted by molar-refractivity contribution is -0.142. The molecular formula is C21H20ClNO2S. The lowest BCUT2D eigenvalue weighted by Crippen LogP contribution is -2.08. The molecule has 0 aliphatic carbocycles. The minimum atomic E-state index is -0.211. The highest BCUT2D eigenvalue weighted by molar-refractivity contribution is 7.15. The predicted molar refractivity (Wildman–Crippen MR) is 108 cm³/mol. The molecule has 5 heteroatoms. The fourth-order valence-corrected chi connectivity index (χ4v) is 3.72. The van der Waals surface area contributed by atoms with Gasteiger partial charge in [-0.05, 0) is 18.6 Å². The zero-order valence-corrected chi connectivity index (χ0v) is 16.1. The van der Waals surface area contributed by atoms with Gasteiger partial charge < -0.3 is 4.74 Å². The van der Waals surface area contributed by atoms with Crippen LogP contribution in [0.1, 0.15) is 24.6 Å². The third-order valence-corrected chi connectivity index (χ3v) is 5.26. The molecule has 0 aliphatic rings. The second-order valence-electron chi connectivity index (χ2n) is 5.91. The molecule has 0 atom stereocenters. The van der Waals surface area contributed by atoms with E-state index in [2.05, 4.69) is 6.92 Å². The van der Waals surface area contributed by atoms with Crippen molar-refractivity contribution in [2.75, 3.05) is 6.61 Å². The first-order valence-corrected chi connectivity index (χ1v) is 9.83. The fraction of sp³-hybridized carbons (Fsp3) is 0.238. The van der Waals surface area contributed by atoms with Crippen LogP contribution in [-0.4, -0.2) is 17.6 Å². The van der Waals surface area contributed by atoms with Crippen molar-refractivity contribution in [2.24, 2.45) is 0 Å². The van der Waals surface area contributed by atoms with E-state index in [0.29, 0.717) is 11.6 Å². The fourth-order valence-electron chi connectivity index (χ4n) is 2.52. The smallest absolute Gasteiger partial charge is 0.311 e. The van der Waals surface area contributed by atoms with E-state index in [-0.39, 0.29) is 12.4 Å². The minimum absolute atomic E-state index is 0.211. The Bertz CT molecular complexity index is 859. The number of carbonyl (C=O) groups excluding carboxylic acids is 1. The molecule has 0 fully saturated rings. The van der Waals surface area contributed by atoms with Crippen molar-refractivity contribution < 1.29 is 9.53 Å². The summed E-state index contributed by atoms with van der Waals surface area (Å²) in [5.41, 5.74) is 2.81. The number of benzene rings is 2. The van der Waals surface area contributed by atoms with Crippen LogP contribution in [0.3, 0.4) is 0 Å². The van der Waals surface area contributed by atoms with Gasteiger partial charge in [0.2, 0.25) is 0 Å². The van der Waals surface area contributed by atoms with Crippen molar-refractivity contribution >= 4 is 28.9 Å². The van der Waals surface area contributed by atoms with Gasteiger partial charge in [0.25, 0.3) is 0 Å². The van der Waals surface area contributed by atoms with Crippen LogP contribution in [-0.2, 0) is 16.0 Å². The third kappa shape index (κ3) is 4.71. The quantitative estimate of drug-likeness (QED) is 0.369. The van der Waals surface area contributed by atoms with E-state index in [4.69, 9.17) is 21.3 Å². The van der Waals surface area contributed by atoms with Crippen LogP contribution in [0, 0.1) is 0 Å².